The van der Waals surface area contributed by atoms with Gasteiger partial charge in [-0.1, -0.05) is 97.2 Å². The van der Waals surface area contributed by atoms with Gasteiger partial charge in [0.25, 0.3) is 10.9 Å². The Morgan fingerprint density at radius 3 is 1.59 bits per heavy atom. The fourth-order valence-electron chi connectivity index (χ4n) is 13.3. The highest BCUT2D eigenvalue weighted by molar-refractivity contribution is 7.74. The highest BCUT2D eigenvalue weighted by atomic mass is 32.1. The molecular formula is C72H66N14O4S2. The van der Waals surface area contributed by atoms with E-state index in [2.05, 4.69) is 101 Å². The highest BCUT2D eigenvalue weighted by Crippen LogP contribution is 2.41. The Labute approximate surface area is 541 Å². The van der Waals surface area contributed by atoms with Crippen LogP contribution in [-0.4, -0.2) is 100 Å². The first kappa shape index (κ1) is 58.5. The van der Waals surface area contributed by atoms with Gasteiger partial charge in [0.05, 0.1) is 51.6 Å². The predicted octanol–water partition coefficient (Wildman–Crippen LogP) is 12.9. The molecule has 15 rings (SSSR count). The van der Waals surface area contributed by atoms with Gasteiger partial charge in [-0.25, -0.2) is 29.9 Å². The molecule has 1 aliphatic carbocycles. The largest absolute Gasteiger partial charge is 0.491 e. The number of nitrogens with two attached hydrogens (primary N) is 2. The van der Waals surface area contributed by atoms with Crippen molar-refractivity contribution >= 4 is 69.8 Å². The van der Waals surface area contributed by atoms with Crippen LogP contribution < -0.4 is 42.4 Å². The number of nitrogens with zero attached hydrogens (tertiary/aromatic N) is 10. The van der Waals surface area contributed by atoms with E-state index in [0.717, 1.165) is 139 Å². The standard InChI is InChI=1S/C72H66N14O4S2/c1-89-63-59(61(87)62(63)88)76-47-30-35-83(36-31-47)40-43-18-22-50(23-19-43)86-70(82-57-28-26-54(79-71(57)86)44-9-3-2-4-10-44)53-24-25-55(78-68(53)74)45-11-7-12-46(39-45)56-27-29-58-72(80-56)85(69(81-58)52-15-8-34-75-67(52)73)49-20-16-42(17-21-49)41-84-37-32-48(33-38-84)77-60-64(66(92)65(60)91)90-51-13-5-6-14-51/h2-4,7-12,15-29,34,39,47-48,51,76-77H,5-6,13-14,30-33,35-38,40-41H2,1H3,(H2,73,75)(H2,74,78). The van der Waals surface area contributed by atoms with Gasteiger partial charge in [0, 0.05) is 85.6 Å². The number of piperidine rings is 2. The lowest BCUT2D eigenvalue weighted by Gasteiger charge is -2.34. The minimum Gasteiger partial charge on any atom is -0.491 e. The Kier molecular flexibility index (Phi) is 15.7. The third-order valence-electron chi connectivity index (χ3n) is 18.4. The molecule has 6 aromatic heterocycles. The smallest absolute Gasteiger partial charge is 0.271 e. The van der Waals surface area contributed by atoms with E-state index in [1.807, 2.05) is 84.9 Å². The van der Waals surface area contributed by atoms with Crippen molar-refractivity contribution in [1.29, 1.82) is 0 Å². The van der Waals surface area contributed by atoms with Gasteiger partial charge in [-0.3, -0.25) is 28.5 Å². The zero-order valence-corrected chi connectivity index (χ0v) is 52.4. The number of fused-ring (bicyclic) bond motifs is 2. The molecule has 2 aliphatic heterocycles. The number of benzene rings is 4. The number of likely N-dealkylation sites (tertiary alicyclic amines) is 2. The number of methoxy groups -OCH3 is 1. The fraction of sp³-hybridized carbons (Fsp3) is 0.250. The molecule has 6 aromatic carbocycles. The minimum absolute atomic E-state index is 0.0811. The van der Waals surface area contributed by atoms with Crippen LogP contribution in [0.5, 0.6) is 11.5 Å². The maximum atomic E-state index is 12.2. The lowest BCUT2D eigenvalue weighted by atomic mass is 10.0. The normalized spacial score (nSPS) is 15.5. The van der Waals surface area contributed by atoms with E-state index in [4.69, 9.17) is 70.3 Å². The molecule has 1 saturated carbocycles. The molecule has 0 amide bonds. The number of hydrogen-bond acceptors (Lipinski definition) is 18. The zero-order valence-electron chi connectivity index (χ0n) is 50.7. The molecule has 0 unspecified atom stereocenters. The number of aromatic nitrogens is 8. The lowest BCUT2D eigenvalue weighted by Crippen LogP contribution is -2.42. The van der Waals surface area contributed by atoms with Crippen molar-refractivity contribution in [3.63, 3.8) is 0 Å². The van der Waals surface area contributed by atoms with Crippen molar-refractivity contribution in [3.05, 3.63) is 198 Å². The van der Waals surface area contributed by atoms with Gasteiger partial charge >= 0.3 is 0 Å². The van der Waals surface area contributed by atoms with Crippen LogP contribution in [0.1, 0.15) is 62.5 Å². The number of rotatable bonds is 18. The van der Waals surface area contributed by atoms with E-state index in [-0.39, 0.29) is 17.9 Å². The number of hydrogen-bond donors (Lipinski definition) is 4. The molecule has 8 heterocycles. The van der Waals surface area contributed by atoms with Gasteiger partial charge in [-0.15, -0.1) is 0 Å². The second kappa shape index (κ2) is 24.7. The molecule has 0 atom stereocenters. The van der Waals surface area contributed by atoms with Gasteiger partial charge in [0.1, 0.15) is 32.9 Å². The van der Waals surface area contributed by atoms with E-state index in [1.54, 1.807) is 6.20 Å². The van der Waals surface area contributed by atoms with E-state index >= 15 is 0 Å². The average Bonchev–Trinajstić information content (AvgIpc) is 1.53. The summed E-state index contributed by atoms with van der Waals surface area (Å²) in [5.74, 6) is 2.88. The van der Waals surface area contributed by atoms with Gasteiger partial charge < -0.3 is 31.6 Å². The van der Waals surface area contributed by atoms with Crippen LogP contribution >= 0.6 is 24.4 Å². The van der Waals surface area contributed by atoms with Crippen LogP contribution in [0, 0.1) is 9.02 Å². The molecule has 3 fully saturated rings. The van der Waals surface area contributed by atoms with Crippen LogP contribution in [0.25, 0.3) is 90.3 Å². The minimum atomic E-state index is -0.570. The number of pyridine rings is 4. The van der Waals surface area contributed by atoms with Crippen LogP contribution in [0.4, 0.5) is 23.0 Å². The first-order chi connectivity index (χ1) is 45.0. The van der Waals surface area contributed by atoms with E-state index in [1.165, 1.54) is 25.5 Å². The Morgan fingerprint density at radius 2 is 1.03 bits per heavy atom. The molecule has 460 valence electrons. The van der Waals surface area contributed by atoms with Crippen molar-refractivity contribution in [3.8, 4) is 79.4 Å². The van der Waals surface area contributed by atoms with Gasteiger partial charge in [0.2, 0.25) is 0 Å². The van der Waals surface area contributed by atoms with Crippen LogP contribution in [0.15, 0.2) is 167 Å². The molecule has 6 N–H and O–H groups in total. The average molecular weight is 1260 g/mol. The SMILES string of the molecule is COc1c(NC2CCN(Cc3ccc(-n4c(-c5ccc(-c6cccc(-c7ccc8nc(-c9cccnc9N)n(-c9ccc(CN%10CCC(Nc%11c(OC%12CCCC%12)c(=S)c%11=S)CC%10)cc9)c8n7)c6)nc5N)nc5ccc(-c6ccccc6)nc54)cc3)CC2)c(=O)c1=O. The molecule has 0 bridgehead atoms. The number of ether oxygens (including phenoxy) is 2. The molecule has 2 saturated heterocycles. The maximum absolute atomic E-state index is 12.2. The molecular weight excluding hydrogens is 1190 g/mol. The lowest BCUT2D eigenvalue weighted by molar-refractivity contribution is 0.204. The third kappa shape index (κ3) is 11.3. The summed E-state index contributed by atoms with van der Waals surface area (Å²) in [6.07, 6.45) is 10.1. The Hall–Kier alpha value is -9.86. The first-order valence-corrected chi connectivity index (χ1v) is 32.3. The summed E-state index contributed by atoms with van der Waals surface area (Å²) in [4.78, 5) is 59.4. The van der Waals surface area contributed by atoms with Crippen LogP contribution in [-0.2, 0) is 13.1 Å². The second-order valence-electron chi connectivity index (χ2n) is 24.3. The number of nitrogens with one attached hydrogen (secondary N) is 2. The van der Waals surface area contributed by atoms with Crippen molar-refractivity contribution in [2.24, 2.45) is 0 Å². The van der Waals surface area contributed by atoms with Gasteiger partial charge in [-0.05, 0) is 141 Å². The van der Waals surface area contributed by atoms with Crippen molar-refractivity contribution in [2.75, 3.05) is 55.4 Å². The highest BCUT2D eigenvalue weighted by Gasteiger charge is 2.30. The van der Waals surface area contributed by atoms with Gasteiger partial charge in [-0.2, -0.15) is 0 Å². The molecule has 12 aromatic rings. The van der Waals surface area contributed by atoms with Gasteiger partial charge in [0.15, 0.2) is 34.4 Å². The second-order valence-corrected chi connectivity index (χ2v) is 25.1. The maximum Gasteiger partial charge on any atom is 0.271 e. The predicted molar refractivity (Wildman–Crippen MR) is 368 cm³/mol. The molecule has 0 spiro atoms. The number of nitrogen functional groups attached to an aromatic ring is 2. The van der Waals surface area contributed by atoms with E-state index in [0.29, 0.717) is 78.7 Å². The van der Waals surface area contributed by atoms with E-state index < -0.39 is 10.9 Å². The molecule has 3 aliphatic rings. The van der Waals surface area contributed by atoms with Crippen LogP contribution in [0.3, 0.4) is 0 Å². The summed E-state index contributed by atoms with van der Waals surface area (Å²) in [6.45, 7) is 5.14. The zero-order chi connectivity index (χ0) is 62.6. The summed E-state index contributed by atoms with van der Waals surface area (Å²) < 4.78 is 17.0. The first-order valence-electron chi connectivity index (χ1n) is 31.4. The molecule has 92 heavy (non-hydrogen) atoms. The Morgan fingerprint density at radius 1 is 0.511 bits per heavy atom. The Balaban J connectivity index is 0.677. The van der Waals surface area contributed by atoms with Crippen molar-refractivity contribution in [2.45, 2.75) is 82.6 Å². The Bertz CT molecular complexity index is 4900. The number of imidazole rings is 2. The summed E-state index contributed by atoms with van der Waals surface area (Å²) in [5, 5.41) is 6.98. The third-order valence-corrected chi connectivity index (χ3v) is 19.3. The summed E-state index contributed by atoms with van der Waals surface area (Å²) in [6, 6.07) is 51.6. The van der Waals surface area contributed by atoms with Crippen molar-refractivity contribution < 1.29 is 9.47 Å². The molecule has 20 heteroatoms. The summed E-state index contributed by atoms with van der Waals surface area (Å²) >= 11 is 11.3. The monoisotopic (exact) mass is 1250 g/mol. The van der Waals surface area contributed by atoms with Crippen LogP contribution in [0.2, 0.25) is 0 Å². The molecule has 18 nitrogen and oxygen atoms in total. The topological polar surface area (TPSA) is 222 Å². The quantitative estimate of drug-likeness (QED) is 0.0463. The summed E-state index contributed by atoms with van der Waals surface area (Å²) in [7, 11) is 1.42. The summed E-state index contributed by atoms with van der Waals surface area (Å²) in [5.41, 5.74) is 27.1. The van der Waals surface area contributed by atoms with E-state index in [9.17, 15) is 9.59 Å². The van der Waals surface area contributed by atoms with Crippen molar-refractivity contribution in [1.82, 2.24) is 48.8 Å². The number of anilines is 4. The molecule has 0 radical (unpaired) electrons. The fourth-order valence-corrected chi connectivity index (χ4v) is 13.8.